The molecule has 0 spiro atoms. The molecule has 0 saturated heterocycles. The van der Waals surface area contributed by atoms with Gasteiger partial charge in [0.25, 0.3) is 6.71 Å². The summed E-state index contributed by atoms with van der Waals surface area (Å²) in [6, 6.07) is 80.5. The minimum Gasteiger partial charge on any atom is -0.456 e. The summed E-state index contributed by atoms with van der Waals surface area (Å²) in [5.74, 6) is 0. The molecule has 2 aromatic heterocycles. The van der Waals surface area contributed by atoms with Gasteiger partial charge in [0.15, 0.2) is 0 Å². The van der Waals surface area contributed by atoms with E-state index in [-0.39, 0.29) is 28.4 Å². The monoisotopic (exact) mass is 1120 g/mol. The molecule has 4 nitrogen and oxygen atoms in total. The highest BCUT2D eigenvalue weighted by Gasteiger charge is 2.47. The number of furan rings is 1. The van der Waals surface area contributed by atoms with Gasteiger partial charge in [-0.25, -0.2) is 0 Å². The van der Waals surface area contributed by atoms with Gasteiger partial charge < -0.3 is 19.1 Å². The number of fused-ring (bicyclic) bond motifs is 10. The Bertz CT molecular complexity index is 4650. The summed E-state index contributed by atoms with van der Waals surface area (Å²) in [7, 11) is 0. The molecule has 0 fully saturated rings. The van der Waals surface area contributed by atoms with Gasteiger partial charge in [-0.1, -0.05) is 191 Å². The molecule has 10 aromatic carbocycles. The van der Waals surface area contributed by atoms with Crippen molar-refractivity contribution in [1.82, 2.24) is 0 Å². The molecular weight excluding hydrogens is 1050 g/mol. The first kappa shape index (κ1) is 53.2. The van der Waals surface area contributed by atoms with Crippen LogP contribution >= 0.6 is 11.3 Å². The fraction of sp³-hybridized carbons (Fsp3) is 0.215. The molecule has 0 radical (unpaired) electrons. The Morgan fingerprint density at radius 3 is 1.79 bits per heavy atom. The van der Waals surface area contributed by atoms with Crippen molar-refractivity contribution in [2.75, 3.05) is 14.7 Å². The number of thiophene rings is 1. The second kappa shape index (κ2) is 19.2. The molecule has 12 aromatic rings. The van der Waals surface area contributed by atoms with E-state index in [4.69, 9.17) is 4.42 Å². The first-order valence-electron chi connectivity index (χ1n) is 30.5. The highest BCUT2D eigenvalue weighted by molar-refractivity contribution is 7.33. The van der Waals surface area contributed by atoms with Crippen molar-refractivity contribution in [2.45, 2.75) is 111 Å². The Hall–Kier alpha value is -8.58. The van der Waals surface area contributed by atoms with E-state index < -0.39 is 0 Å². The third kappa shape index (κ3) is 8.60. The summed E-state index contributed by atoms with van der Waals surface area (Å²) >= 11 is 1.98. The molecule has 0 bridgehead atoms. The number of hydrogen-bond donors (Lipinski definition) is 0. The number of rotatable bonds is 7. The Morgan fingerprint density at radius 1 is 0.482 bits per heavy atom. The first-order chi connectivity index (χ1) is 40.8. The Labute approximate surface area is 506 Å². The van der Waals surface area contributed by atoms with Crippen LogP contribution in [0.15, 0.2) is 217 Å². The highest BCUT2D eigenvalue weighted by atomic mass is 32.1. The lowest BCUT2D eigenvalue weighted by Gasteiger charge is -2.46. The van der Waals surface area contributed by atoms with Crippen molar-refractivity contribution >= 4 is 117 Å². The van der Waals surface area contributed by atoms with Crippen molar-refractivity contribution in [3.05, 3.63) is 240 Å². The molecule has 418 valence electrons. The van der Waals surface area contributed by atoms with Gasteiger partial charge in [0, 0.05) is 70.9 Å². The van der Waals surface area contributed by atoms with E-state index in [1.54, 1.807) is 0 Å². The number of benzene rings is 10. The standard InChI is InChI=1S/C79H72BN3OS/c1-49-42-68-73-69(43-49)83(66-48-63-62(78(8,9)40-41-79(63,10)11)47-59(66)51-24-16-13-17-25-51)74-61-44-53(77(5,6)7)32-39-72(61)85-75(74)80(73)64-37-35-56(46-67(64)82(68)55-36-38-71-60(45-55)58-27-19-21-29-70(58)84-71)81(54-33-30-52(31-34-54)76(2,3)4)65-28-20-18-26-57(65)50-22-14-12-15-23-50/h12-39,42-48H,40-41H2,1-11H3. The van der Waals surface area contributed by atoms with Crippen LogP contribution in [0.2, 0.25) is 0 Å². The molecule has 15 rings (SSSR count). The molecule has 0 amide bonds. The molecule has 6 heteroatoms. The Kier molecular flexibility index (Phi) is 12.0. The van der Waals surface area contributed by atoms with Gasteiger partial charge in [0.2, 0.25) is 0 Å². The molecule has 0 atom stereocenters. The average molecular weight is 1120 g/mol. The van der Waals surface area contributed by atoms with Crippen LogP contribution in [0, 0.1) is 6.92 Å². The molecule has 3 aliphatic rings. The fourth-order valence-corrected chi connectivity index (χ4v) is 15.6. The summed E-state index contributed by atoms with van der Waals surface area (Å²) in [4.78, 5) is 7.82. The van der Waals surface area contributed by atoms with E-state index in [1.807, 2.05) is 11.3 Å². The van der Waals surface area contributed by atoms with Crippen molar-refractivity contribution in [3.8, 4) is 22.3 Å². The van der Waals surface area contributed by atoms with Crippen LogP contribution in [-0.4, -0.2) is 6.71 Å². The van der Waals surface area contributed by atoms with E-state index in [0.717, 1.165) is 63.2 Å². The van der Waals surface area contributed by atoms with E-state index >= 15 is 0 Å². The summed E-state index contributed by atoms with van der Waals surface area (Å²) in [5, 5.41) is 3.51. The molecule has 4 heterocycles. The maximum absolute atomic E-state index is 6.59. The van der Waals surface area contributed by atoms with Crippen LogP contribution in [0.4, 0.5) is 51.2 Å². The topological polar surface area (TPSA) is 22.9 Å². The zero-order valence-corrected chi connectivity index (χ0v) is 51.7. The first-order valence-corrected chi connectivity index (χ1v) is 31.3. The number of para-hydroxylation sites is 2. The quantitative estimate of drug-likeness (QED) is 0.148. The normalized spacial score (nSPS) is 15.0. The van der Waals surface area contributed by atoms with Crippen LogP contribution in [-0.2, 0) is 21.7 Å². The van der Waals surface area contributed by atoms with Crippen LogP contribution in [0.3, 0.4) is 0 Å². The third-order valence-corrected chi connectivity index (χ3v) is 20.3. The maximum atomic E-state index is 6.59. The average Bonchev–Trinajstić information content (AvgIpc) is 1.80. The fourth-order valence-electron chi connectivity index (χ4n) is 14.3. The van der Waals surface area contributed by atoms with Gasteiger partial charge in [-0.05, 0) is 182 Å². The van der Waals surface area contributed by atoms with E-state index in [0.29, 0.717) is 0 Å². The predicted octanol–water partition coefficient (Wildman–Crippen LogP) is 20.9. The van der Waals surface area contributed by atoms with Crippen LogP contribution in [0.1, 0.15) is 110 Å². The Morgan fingerprint density at radius 2 is 1.08 bits per heavy atom. The molecule has 2 aliphatic heterocycles. The third-order valence-electron chi connectivity index (χ3n) is 19.0. The minimum atomic E-state index is -0.0876. The molecular formula is C79H72BN3OS. The summed E-state index contributed by atoms with van der Waals surface area (Å²) in [6.45, 7) is 26.0. The zero-order chi connectivity index (χ0) is 58.5. The number of aryl methyl sites for hydroxylation is 1. The van der Waals surface area contributed by atoms with Crippen molar-refractivity contribution in [1.29, 1.82) is 0 Å². The van der Waals surface area contributed by atoms with Crippen LogP contribution in [0.25, 0.3) is 54.3 Å². The molecule has 0 N–H and O–H groups in total. The zero-order valence-electron chi connectivity index (χ0n) is 50.9. The molecule has 85 heavy (non-hydrogen) atoms. The summed E-state index contributed by atoms with van der Waals surface area (Å²) in [5.41, 5.74) is 26.3. The largest absolute Gasteiger partial charge is 0.456 e. The van der Waals surface area contributed by atoms with E-state index in [2.05, 4.69) is 303 Å². The molecule has 0 unspecified atom stereocenters. The number of nitrogens with zero attached hydrogens (tertiary/aromatic N) is 3. The second-order valence-electron chi connectivity index (χ2n) is 27.7. The minimum absolute atomic E-state index is 0.00468. The number of hydrogen-bond acceptors (Lipinski definition) is 5. The van der Waals surface area contributed by atoms with Crippen molar-refractivity contribution in [3.63, 3.8) is 0 Å². The van der Waals surface area contributed by atoms with Crippen LogP contribution < -0.4 is 30.4 Å². The second-order valence-corrected chi connectivity index (χ2v) is 28.8. The molecule has 0 saturated carbocycles. The predicted molar refractivity (Wildman–Crippen MR) is 366 cm³/mol. The maximum Gasteiger partial charge on any atom is 0.264 e. The van der Waals surface area contributed by atoms with Gasteiger partial charge in [0.05, 0.1) is 17.1 Å². The SMILES string of the molecule is Cc1cc2c3c(c1)N(c1cc4c(cc1-c1ccccc1)C(C)(C)CCC4(C)C)c1c(sc4ccc(C(C)(C)C)cc14)B3c1ccc(N(c3ccc(C(C)(C)C)cc3)c3ccccc3-c3ccccc3)cc1N2c1ccc2oc3ccccc3c2c1. The smallest absolute Gasteiger partial charge is 0.264 e. The van der Waals surface area contributed by atoms with Gasteiger partial charge in [-0.3, -0.25) is 0 Å². The summed E-state index contributed by atoms with van der Waals surface area (Å²) in [6.07, 6.45) is 2.27. The van der Waals surface area contributed by atoms with Crippen molar-refractivity contribution < 1.29 is 4.42 Å². The van der Waals surface area contributed by atoms with Crippen LogP contribution in [0.5, 0.6) is 0 Å². The van der Waals surface area contributed by atoms with E-state index in [1.165, 1.54) is 98.6 Å². The van der Waals surface area contributed by atoms with Crippen molar-refractivity contribution in [2.24, 2.45) is 0 Å². The van der Waals surface area contributed by atoms with Gasteiger partial charge >= 0.3 is 0 Å². The lowest BCUT2D eigenvalue weighted by molar-refractivity contribution is 0.332. The van der Waals surface area contributed by atoms with Gasteiger partial charge in [0.1, 0.15) is 11.2 Å². The van der Waals surface area contributed by atoms with Gasteiger partial charge in [-0.2, -0.15) is 0 Å². The number of anilines is 9. The lowest BCUT2D eigenvalue weighted by Crippen LogP contribution is -2.60. The summed E-state index contributed by atoms with van der Waals surface area (Å²) < 4.78 is 9.25. The Balaban J connectivity index is 1.05. The highest BCUT2D eigenvalue weighted by Crippen LogP contribution is 2.56. The lowest BCUT2D eigenvalue weighted by atomic mass is 9.36. The van der Waals surface area contributed by atoms with E-state index in [9.17, 15) is 0 Å². The molecule has 1 aliphatic carbocycles. The van der Waals surface area contributed by atoms with Gasteiger partial charge in [-0.15, -0.1) is 11.3 Å².